The van der Waals surface area contributed by atoms with Crippen molar-refractivity contribution in [1.29, 1.82) is 0 Å². The predicted octanol–water partition coefficient (Wildman–Crippen LogP) is 2.64. The molecule has 2 heteroatoms. The first kappa shape index (κ1) is 12.4. The molecule has 1 N–H and O–H groups in total. The van der Waals surface area contributed by atoms with Crippen LogP contribution in [0.1, 0.15) is 52.9 Å². The first-order chi connectivity index (χ1) is 7.69. The predicted molar refractivity (Wildman–Crippen MR) is 69.7 cm³/mol. The normalized spacial score (nSPS) is 30.6. The van der Waals surface area contributed by atoms with Gasteiger partial charge >= 0.3 is 0 Å². The molecule has 0 bridgehead atoms. The fraction of sp³-hybridized carbons (Fsp3) is 1.00. The van der Waals surface area contributed by atoms with Gasteiger partial charge in [-0.25, -0.2) is 0 Å². The van der Waals surface area contributed by atoms with Crippen LogP contribution in [0, 0.1) is 5.92 Å². The first-order valence-electron chi connectivity index (χ1n) is 7.19. The van der Waals surface area contributed by atoms with Crippen LogP contribution in [0.5, 0.6) is 0 Å². The third kappa shape index (κ3) is 3.46. The summed E-state index contributed by atoms with van der Waals surface area (Å²) in [7, 11) is 0. The summed E-state index contributed by atoms with van der Waals surface area (Å²) >= 11 is 0. The molecule has 0 radical (unpaired) electrons. The SMILES string of the molecule is CCC(C)CC(C)NC1CCN(C2CC2)C1. The monoisotopic (exact) mass is 224 g/mol. The van der Waals surface area contributed by atoms with E-state index in [-0.39, 0.29) is 0 Å². The van der Waals surface area contributed by atoms with E-state index in [1.165, 1.54) is 45.2 Å². The number of rotatable bonds is 6. The van der Waals surface area contributed by atoms with Gasteiger partial charge in [0.2, 0.25) is 0 Å². The molecule has 0 aromatic rings. The quantitative estimate of drug-likeness (QED) is 0.746. The highest BCUT2D eigenvalue weighted by Crippen LogP contribution is 2.29. The maximum absolute atomic E-state index is 3.82. The Morgan fingerprint density at radius 3 is 2.62 bits per heavy atom. The molecule has 3 unspecified atom stereocenters. The number of hydrogen-bond acceptors (Lipinski definition) is 2. The molecule has 94 valence electrons. The Morgan fingerprint density at radius 1 is 1.25 bits per heavy atom. The summed E-state index contributed by atoms with van der Waals surface area (Å²) < 4.78 is 0. The highest BCUT2D eigenvalue weighted by molar-refractivity contribution is 4.92. The summed E-state index contributed by atoms with van der Waals surface area (Å²) in [6, 6.07) is 2.41. The standard InChI is InChI=1S/C14H28N2/c1-4-11(2)9-12(3)15-13-7-8-16(10-13)14-5-6-14/h11-15H,4-10H2,1-3H3. The van der Waals surface area contributed by atoms with E-state index < -0.39 is 0 Å². The molecule has 1 heterocycles. The van der Waals surface area contributed by atoms with Crippen molar-refractivity contribution >= 4 is 0 Å². The Balaban J connectivity index is 1.65. The number of hydrogen-bond donors (Lipinski definition) is 1. The lowest BCUT2D eigenvalue weighted by atomic mass is 10.00. The van der Waals surface area contributed by atoms with Crippen LogP contribution in [0.25, 0.3) is 0 Å². The minimum atomic E-state index is 0.694. The molecule has 2 rings (SSSR count). The second-order valence-electron chi connectivity index (χ2n) is 6.03. The first-order valence-corrected chi connectivity index (χ1v) is 7.19. The Morgan fingerprint density at radius 2 is 2.00 bits per heavy atom. The molecule has 2 aliphatic rings. The minimum absolute atomic E-state index is 0.694. The van der Waals surface area contributed by atoms with Crippen molar-refractivity contribution in [2.45, 2.75) is 71.0 Å². The topological polar surface area (TPSA) is 15.3 Å². The molecule has 2 fully saturated rings. The maximum atomic E-state index is 3.82. The van der Waals surface area contributed by atoms with Gasteiger partial charge in [0.1, 0.15) is 0 Å². The van der Waals surface area contributed by atoms with Crippen LogP contribution in [0.2, 0.25) is 0 Å². The summed E-state index contributed by atoms with van der Waals surface area (Å²) in [5.41, 5.74) is 0. The van der Waals surface area contributed by atoms with E-state index in [9.17, 15) is 0 Å². The van der Waals surface area contributed by atoms with Gasteiger partial charge < -0.3 is 5.32 Å². The van der Waals surface area contributed by atoms with E-state index in [0.717, 1.165) is 18.0 Å². The third-order valence-corrected chi connectivity index (χ3v) is 4.26. The summed E-state index contributed by atoms with van der Waals surface area (Å²) in [4.78, 5) is 2.69. The average Bonchev–Trinajstić information content (AvgIpc) is 3.00. The van der Waals surface area contributed by atoms with Crippen LogP contribution in [0.15, 0.2) is 0 Å². The molecular formula is C14H28N2. The molecule has 16 heavy (non-hydrogen) atoms. The fourth-order valence-corrected chi connectivity index (χ4v) is 2.94. The van der Waals surface area contributed by atoms with Gasteiger partial charge in [0, 0.05) is 31.2 Å². The summed E-state index contributed by atoms with van der Waals surface area (Å²) in [5, 5.41) is 3.82. The van der Waals surface area contributed by atoms with Gasteiger partial charge in [0.25, 0.3) is 0 Å². The molecule has 2 nitrogen and oxygen atoms in total. The van der Waals surface area contributed by atoms with Crippen molar-refractivity contribution in [1.82, 2.24) is 10.2 Å². The van der Waals surface area contributed by atoms with Gasteiger partial charge in [-0.1, -0.05) is 20.3 Å². The van der Waals surface area contributed by atoms with Gasteiger partial charge in [-0.05, 0) is 38.5 Å². The Hall–Kier alpha value is -0.0800. The summed E-state index contributed by atoms with van der Waals surface area (Å²) in [6.45, 7) is 9.64. The van der Waals surface area contributed by atoms with E-state index in [1.54, 1.807) is 0 Å². The minimum Gasteiger partial charge on any atom is -0.310 e. The van der Waals surface area contributed by atoms with E-state index in [4.69, 9.17) is 0 Å². The van der Waals surface area contributed by atoms with E-state index >= 15 is 0 Å². The van der Waals surface area contributed by atoms with Crippen LogP contribution in [0.3, 0.4) is 0 Å². The fourth-order valence-electron chi connectivity index (χ4n) is 2.94. The van der Waals surface area contributed by atoms with Gasteiger partial charge in [0.15, 0.2) is 0 Å². The number of likely N-dealkylation sites (tertiary alicyclic amines) is 1. The molecule has 1 aliphatic carbocycles. The van der Waals surface area contributed by atoms with Gasteiger partial charge in [-0.3, -0.25) is 4.90 Å². The summed E-state index contributed by atoms with van der Waals surface area (Å²) in [6.07, 6.45) is 6.91. The van der Waals surface area contributed by atoms with E-state index in [2.05, 4.69) is 31.0 Å². The number of nitrogens with one attached hydrogen (secondary N) is 1. The van der Waals surface area contributed by atoms with Crippen molar-refractivity contribution in [3.8, 4) is 0 Å². The zero-order valence-electron chi connectivity index (χ0n) is 11.2. The van der Waals surface area contributed by atoms with E-state index in [1.807, 2.05) is 0 Å². The molecular weight excluding hydrogens is 196 g/mol. The Labute approximate surface area is 101 Å². The van der Waals surface area contributed by atoms with Gasteiger partial charge in [0.05, 0.1) is 0 Å². The number of nitrogens with zero attached hydrogens (tertiary/aromatic N) is 1. The summed E-state index contributed by atoms with van der Waals surface area (Å²) in [5.74, 6) is 0.864. The van der Waals surface area contributed by atoms with Crippen molar-refractivity contribution in [3.05, 3.63) is 0 Å². The molecule has 0 amide bonds. The third-order valence-electron chi connectivity index (χ3n) is 4.26. The lowest BCUT2D eigenvalue weighted by Crippen LogP contribution is -2.39. The molecule has 3 atom stereocenters. The zero-order valence-corrected chi connectivity index (χ0v) is 11.2. The van der Waals surface area contributed by atoms with Crippen LogP contribution in [0.4, 0.5) is 0 Å². The smallest absolute Gasteiger partial charge is 0.0209 e. The van der Waals surface area contributed by atoms with Crippen LogP contribution >= 0.6 is 0 Å². The van der Waals surface area contributed by atoms with E-state index in [0.29, 0.717) is 6.04 Å². The molecule has 0 spiro atoms. The van der Waals surface area contributed by atoms with Crippen LogP contribution in [-0.4, -0.2) is 36.1 Å². The maximum Gasteiger partial charge on any atom is 0.0209 e. The van der Waals surface area contributed by atoms with Crippen molar-refractivity contribution < 1.29 is 0 Å². The van der Waals surface area contributed by atoms with Crippen molar-refractivity contribution in [2.75, 3.05) is 13.1 Å². The van der Waals surface area contributed by atoms with Crippen LogP contribution < -0.4 is 5.32 Å². The molecule has 1 saturated carbocycles. The Kier molecular flexibility index (Phi) is 4.26. The second kappa shape index (κ2) is 5.50. The highest BCUT2D eigenvalue weighted by atomic mass is 15.2. The molecule has 1 saturated heterocycles. The zero-order chi connectivity index (χ0) is 11.5. The molecule has 0 aromatic heterocycles. The van der Waals surface area contributed by atoms with Crippen molar-refractivity contribution in [3.63, 3.8) is 0 Å². The van der Waals surface area contributed by atoms with Gasteiger partial charge in [-0.2, -0.15) is 0 Å². The lowest BCUT2D eigenvalue weighted by Gasteiger charge is -2.22. The highest BCUT2D eigenvalue weighted by Gasteiger charge is 2.34. The Bertz CT molecular complexity index is 213. The van der Waals surface area contributed by atoms with Crippen LogP contribution in [-0.2, 0) is 0 Å². The molecule has 0 aromatic carbocycles. The van der Waals surface area contributed by atoms with Crippen molar-refractivity contribution in [2.24, 2.45) is 5.92 Å². The average molecular weight is 224 g/mol. The second-order valence-corrected chi connectivity index (χ2v) is 6.03. The largest absolute Gasteiger partial charge is 0.310 e. The lowest BCUT2D eigenvalue weighted by molar-refractivity contribution is 0.307. The molecule has 1 aliphatic heterocycles. The van der Waals surface area contributed by atoms with Gasteiger partial charge in [-0.15, -0.1) is 0 Å².